The molecule has 3 rings (SSSR count). The maximum absolute atomic E-state index is 13.4. The van der Waals surface area contributed by atoms with Gasteiger partial charge in [-0.25, -0.2) is 17.5 Å². The molecule has 0 saturated carbocycles. The Bertz CT molecular complexity index is 1060. The normalized spacial score (nSPS) is 12.1. The molecule has 3 aromatic carbocycles. The number of alkyl halides is 3. The lowest BCUT2D eigenvalue weighted by molar-refractivity contribution is -0.137. The van der Waals surface area contributed by atoms with Crippen molar-refractivity contribution in [1.82, 2.24) is 4.72 Å². The number of hydrogen-bond acceptors (Lipinski definition) is 2. The van der Waals surface area contributed by atoms with Crippen LogP contribution in [0.3, 0.4) is 0 Å². The van der Waals surface area contributed by atoms with Crippen LogP contribution >= 0.6 is 0 Å². The molecule has 0 bridgehead atoms. The maximum atomic E-state index is 13.4. The van der Waals surface area contributed by atoms with Gasteiger partial charge in [0.15, 0.2) is 0 Å². The summed E-state index contributed by atoms with van der Waals surface area (Å²) in [4.78, 5) is -0.0420. The maximum Gasteiger partial charge on any atom is 0.416 e. The largest absolute Gasteiger partial charge is 0.416 e. The van der Waals surface area contributed by atoms with Crippen molar-refractivity contribution in [2.24, 2.45) is 0 Å². The molecule has 0 spiro atoms. The minimum absolute atomic E-state index is 0.0420. The molecule has 0 atom stereocenters. The van der Waals surface area contributed by atoms with E-state index in [1.807, 2.05) is 30.3 Å². The summed E-state index contributed by atoms with van der Waals surface area (Å²) in [5, 5.41) is 0. The van der Waals surface area contributed by atoms with Crippen LogP contribution in [0.5, 0.6) is 0 Å². The van der Waals surface area contributed by atoms with E-state index in [1.54, 1.807) is 12.1 Å². The summed E-state index contributed by atoms with van der Waals surface area (Å²) >= 11 is 0. The van der Waals surface area contributed by atoms with Crippen LogP contribution in [0.25, 0.3) is 11.1 Å². The van der Waals surface area contributed by atoms with Crippen molar-refractivity contribution in [2.75, 3.05) is 0 Å². The fourth-order valence-corrected chi connectivity index (χ4v) is 3.65. The van der Waals surface area contributed by atoms with E-state index in [4.69, 9.17) is 0 Å². The highest BCUT2D eigenvalue weighted by Crippen LogP contribution is 2.30. The summed E-state index contributed by atoms with van der Waals surface area (Å²) in [6.45, 7) is -0.469. The summed E-state index contributed by atoms with van der Waals surface area (Å²) in [5.41, 5.74) is 0.434. The van der Waals surface area contributed by atoms with Gasteiger partial charge in [-0.15, -0.1) is 0 Å². The van der Waals surface area contributed by atoms with E-state index in [-0.39, 0.29) is 10.5 Å². The van der Waals surface area contributed by atoms with E-state index in [0.29, 0.717) is 12.1 Å². The average Bonchev–Trinajstić information content (AvgIpc) is 2.66. The van der Waals surface area contributed by atoms with Gasteiger partial charge >= 0.3 is 6.18 Å². The second-order valence-corrected chi connectivity index (χ2v) is 7.83. The van der Waals surface area contributed by atoms with Gasteiger partial charge in [-0.3, -0.25) is 0 Å². The number of nitrogens with one attached hydrogen (secondary N) is 1. The minimum Gasteiger partial charge on any atom is -0.207 e. The van der Waals surface area contributed by atoms with Crippen molar-refractivity contribution in [3.63, 3.8) is 0 Å². The topological polar surface area (TPSA) is 46.2 Å². The molecule has 3 nitrogen and oxygen atoms in total. The van der Waals surface area contributed by atoms with E-state index in [2.05, 4.69) is 4.72 Å². The molecule has 0 aliphatic rings. The lowest BCUT2D eigenvalue weighted by atomic mass is 10.1. The SMILES string of the molecule is O=S(=O)(NCc1cc(F)cc(C(F)(F)F)c1)c1ccc(-c2ccccc2)cc1. The van der Waals surface area contributed by atoms with E-state index >= 15 is 0 Å². The first-order chi connectivity index (χ1) is 13.1. The average molecular weight is 409 g/mol. The summed E-state index contributed by atoms with van der Waals surface area (Å²) in [7, 11) is -3.97. The Hall–Kier alpha value is -2.71. The Morgan fingerprint density at radius 3 is 2.04 bits per heavy atom. The number of benzene rings is 3. The number of rotatable bonds is 5. The molecule has 0 aliphatic heterocycles. The number of halogens is 4. The molecule has 28 heavy (non-hydrogen) atoms. The highest BCUT2D eigenvalue weighted by atomic mass is 32.2. The Morgan fingerprint density at radius 2 is 1.43 bits per heavy atom. The Labute approximate surface area is 159 Å². The van der Waals surface area contributed by atoms with Crippen LogP contribution in [0.1, 0.15) is 11.1 Å². The Kier molecular flexibility index (Phi) is 5.53. The first-order valence-corrected chi connectivity index (χ1v) is 9.65. The van der Waals surface area contributed by atoms with E-state index in [0.717, 1.165) is 17.2 Å². The van der Waals surface area contributed by atoms with Gasteiger partial charge < -0.3 is 0 Å². The molecule has 0 amide bonds. The lowest BCUT2D eigenvalue weighted by Crippen LogP contribution is -2.23. The van der Waals surface area contributed by atoms with Crippen molar-refractivity contribution in [1.29, 1.82) is 0 Å². The van der Waals surface area contributed by atoms with Crippen LogP contribution in [0.2, 0.25) is 0 Å². The van der Waals surface area contributed by atoms with Crippen LogP contribution in [-0.2, 0) is 22.7 Å². The number of hydrogen-bond donors (Lipinski definition) is 1. The van der Waals surface area contributed by atoms with Gasteiger partial charge in [-0.05, 0) is 47.0 Å². The summed E-state index contributed by atoms with van der Waals surface area (Å²) in [6.07, 6.45) is -4.72. The molecule has 1 N–H and O–H groups in total. The molecule has 0 fully saturated rings. The second-order valence-electron chi connectivity index (χ2n) is 6.06. The van der Waals surface area contributed by atoms with E-state index in [9.17, 15) is 26.0 Å². The highest BCUT2D eigenvalue weighted by molar-refractivity contribution is 7.89. The summed E-state index contributed by atoms with van der Waals surface area (Å²) < 4.78 is 78.7. The molecular formula is C20H15F4NO2S. The molecule has 0 heterocycles. The number of sulfonamides is 1. The van der Waals surface area contributed by atoms with E-state index < -0.39 is 34.1 Å². The summed E-state index contributed by atoms with van der Waals surface area (Å²) in [6, 6.07) is 17.3. The molecular weight excluding hydrogens is 394 g/mol. The third-order valence-electron chi connectivity index (χ3n) is 4.02. The zero-order valence-electron chi connectivity index (χ0n) is 14.4. The molecule has 3 aromatic rings. The van der Waals surface area contributed by atoms with Gasteiger partial charge in [0.05, 0.1) is 10.5 Å². The van der Waals surface area contributed by atoms with Gasteiger partial charge in [-0.1, -0.05) is 42.5 Å². The van der Waals surface area contributed by atoms with Gasteiger partial charge in [-0.2, -0.15) is 13.2 Å². The molecule has 146 valence electrons. The van der Waals surface area contributed by atoms with Crippen molar-refractivity contribution in [3.05, 3.63) is 89.7 Å². The summed E-state index contributed by atoms with van der Waals surface area (Å²) in [5.74, 6) is -1.09. The lowest BCUT2D eigenvalue weighted by Gasteiger charge is -2.11. The molecule has 0 aliphatic carbocycles. The van der Waals surface area contributed by atoms with Gasteiger partial charge in [0, 0.05) is 6.54 Å². The van der Waals surface area contributed by atoms with Crippen LogP contribution in [0, 0.1) is 5.82 Å². The van der Waals surface area contributed by atoms with Gasteiger partial charge in [0.25, 0.3) is 0 Å². The third-order valence-corrected chi connectivity index (χ3v) is 5.44. The molecule has 8 heteroatoms. The van der Waals surface area contributed by atoms with Crippen LogP contribution in [-0.4, -0.2) is 8.42 Å². The van der Waals surface area contributed by atoms with Crippen molar-refractivity contribution in [2.45, 2.75) is 17.6 Å². The fourth-order valence-electron chi connectivity index (χ4n) is 2.63. The first-order valence-electron chi connectivity index (χ1n) is 8.17. The predicted octanol–water partition coefficient (Wildman–Crippen LogP) is 4.99. The Morgan fingerprint density at radius 1 is 0.821 bits per heavy atom. The van der Waals surface area contributed by atoms with Crippen molar-refractivity contribution in [3.8, 4) is 11.1 Å². The minimum atomic E-state index is -4.72. The predicted molar refractivity (Wildman–Crippen MR) is 97.3 cm³/mol. The molecule has 0 unspecified atom stereocenters. The first kappa shape index (κ1) is 20.0. The van der Waals surface area contributed by atoms with Gasteiger partial charge in [0.1, 0.15) is 5.82 Å². The van der Waals surface area contributed by atoms with E-state index in [1.165, 1.54) is 12.1 Å². The van der Waals surface area contributed by atoms with Crippen LogP contribution in [0.15, 0.2) is 77.7 Å². The second kappa shape index (κ2) is 7.73. The fraction of sp³-hybridized carbons (Fsp3) is 0.100. The van der Waals surface area contributed by atoms with Crippen molar-refractivity contribution >= 4 is 10.0 Å². The smallest absolute Gasteiger partial charge is 0.207 e. The van der Waals surface area contributed by atoms with Crippen LogP contribution in [0.4, 0.5) is 17.6 Å². The zero-order chi connectivity index (χ0) is 20.4. The molecule has 0 saturated heterocycles. The molecule has 0 aromatic heterocycles. The molecule has 0 radical (unpaired) electrons. The van der Waals surface area contributed by atoms with Crippen molar-refractivity contribution < 1.29 is 26.0 Å². The monoisotopic (exact) mass is 409 g/mol. The quantitative estimate of drug-likeness (QED) is 0.604. The standard InChI is InChI=1S/C20H15F4NO2S/c21-18-11-14(10-17(12-18)20(22,23)24)13-25-28(26,27)19-8-6-16(7-9-19)15-4-2-1-3-5-15/h1-12,25H,13H2. The van der Waals surface area contributed by atoms with Gasteiger partial charge in [0.2, 0.25) is 10.0 Å². The third kappa shape index (κ3) is 4.76. The van der Waals surface area contributed by atoms with Crippen LogP contribution < -0.4 is 4.72 Å². The zero-order valence-corrected chi connectivity index (χ0v) is 15.2. The Balaban J connectivity index is 1.77. The highest BCUT2D eigenvalue weighted by Gasteiger charge is 2.31.